The third kappa shape index (κ3) is 3.84. The van der Waals surface area contributed by atoms with E-state index >= 15 is 0 Å². The summed E-state index contributed by atoms with van der Waals surface area (Å²) in [4.78, 5) is 21.1. The first-order valence-corrected chi connectivity index (χ1v) is 5.10. The standard InChI is InChI=1S/C7H12N2O2.C2HF3O2/c10-6(11)1-9-4-7(5-9)2-8-3-7;3-2(4,5)1(6)7/h8H,1-5H2,(H,10,11);(H,6,7). The van der Waals surface area contributed by atoms with Crippen LogP contribution in [0.1, 0.15) is 0 Å². The summed E-state index contributed by atoms with van der Waals surface area (Å²) < 4.78 is 31.7. The van der Waals surface area contributed by atoms with Gasteiger partial charge in [-0.1, -0.05) is 0 Å². The second kappa shape index (κ2) is 5.11. The molecule has 2 saturated heterocycles. The first-order chi connectivity index (χ1) is 8.15. The van der Waals surface area contributed by atoms with Crippen LogP contribution in [0.2, 0.25) is 0 Å². The van der Waals surface area contributed by atoms with Crippen molar-refractivity contribution in [2.24, 2.45) is 5.41 Å². The minimum absolute atomic E-state index is 0.210. The van der Waals surface area contributed by atoms with Crippen molar-refractivity contribution < 1.29 is 33.0 Å². The second-order valence-electron chi connectivity index (χ2n) is 4.45. The Kier molecular flexibility index (Phi) is 4.17. The van der Waals surface area contributed by atoms with Gasteiger partial charge in [-0.25, -0.2) is 4.79 Å². The summed E-state index contributed by atoms with van der Waals surface area (Å²) in [5, 5.41) is 18.8. The van der Waals surface area contributed by atoms with Crippen molar-refractivity contribution in [2.45, 2.75) is 6.18 Å². The Bertz CT molecular complexity index is 333. The van der Waals surface area contributed by atoms with Crippen LogP contribution in [-0.2, 0) is 9.59 Å². The van der Waals surface area contributed by atoms with Gasteiger partial charge in [-0.15, -0.1) is 0 Å². The molecule has 0 atom stereocenters. The largest absolute Gasteiger partial charge is 0.490 e. The van der Waals surface area contributed by atoms with Crippen molar-refractivity contribution in [3.05, 3.63) is 0 Å². The van der Waals surface area contributed by atoms with E-state index in [1.54, 1.807) is 0 Å². The SMILES string of the molecule is O=C(O)C(F)(F)F.O=C(O)CN1CC2(CNC2)C1. The second-order valence-corrected chi connectivity index (χ2v) is 4.45. The predicted octanol–water partition coefficient (Wildman–Crippen LogP) is -0.390. The maximum atomic E-state index is 10.6. The summed E-state index contributed by atoms with van der Waals surface area (Å²) >= 11 is 0. The average molecular weight is 270 g/mol. The zero-order chi connectivity index (χ0) is 14.0. The van der Waals surface area contributed by atoms with Gasteiger partial charge in [-0.05, 0) is 0 Å². The van der Waals surface area contributed by atoms with E-state index in [0.717, 1.165) is 26.2 Å². The molecule has 0 saturated carbocycles. The average Bonchev–Trinajstić information content (AvgIpc) is 2.06. The molecular formula is C9H13F3N2O4. The molecule has 0 aromatic carbocycles. The quantitative estimate of drug-likeness (QED) is 0.633. The zero-order valence-corrected chi connectivity index (χ0v) is 9.33. The Balaban J connectivity index is 0.000000203. The van der Waals surface area contributed by atoms with Crippen LogP contribution >= 0.6 is 0 Å². The summed E-state index contributed by atoms with van der Waals surface area (Å²) in [5.41, 5.74) is 0.454. The van der Waals surface area contributed by atoms with Gasteiger partial charge in [-0.3, -0.25) is 9.69 Å². The number of likely N-dealkylation sites (tertiary alicyclic amines) is 1. The van der Waals surface area contributed by atoms with E-state index in [1.807, 2.05) is 4.90 Å². The number of aliphatic carboxylic acids is 2. The molecule has 2 aliphatic rings. The molecule has 0 bridgehead atoms. The van der Waals surface area contributed by atoms with Crippen molar-refractivity contribution >= 4 is 11.9 Å². The van der Waals surface area contributed by atoms with Gasteiger partial charge in [0, 0.05) is 31.6 Å². The maximum Gasteiger partial charge on any atom is 0.490 e. The van der Waals surface area contributed by atoms with Gasteiger partial charge in [0.15, 0.2) is 0 Å². The monoisotopic (exact) mass is 270 g/mol. The molecule has 0 amide bonds. The molecule has 2 aliphatic heterocycles. The number of hydrogen-bond donors (Lipinski definition) is 3. The lowest BCUT2D eigenvalue weighted by Gasteiger charge is -2.55. The van der Waals surface area contributed by atoms with Crippen LogP contribution in [0.3, 0.4) is 0 Å². The highest BCUT2D eigenvalue weighted by Gasteiger charge is 2.47. The highest BCUT2D eigenvalue weighted by Crippen LogP contribution is 2.33. The summed E-state index contributed by atoms with van der Waals surface area (Å²) in [5.74, 6) is -3.47. The highest BCUT2D eigenvalue weighted by molar-refractivity contribution is 5.73. The summed E-state index contributed by atoms with van der Waals surface area (Å²) in [6, 6.07) is 0. The van der Waals surface area contributed by atoms with Crippen LogP contribution in [0.4, 0.5) is 13.2 Å². The van der Waals surface area contributed by atoms with Crippen LogP contribution in [0.25, 0.3) is 0 Å². The molecule has 6 nitrogen and oxygen atoms in total. The van der Waals surface area contributed by atoms with Crippen LogP contribution in [0, 0.1) is 5.41 Å². The normalized spacial score (nSPS) is 21.3. The Morgan fingerprint density at radius 2 is 1.67 bits per heavy atom. The first-order valence-electron chi connectivity index (χ1n) is 5.10. The van der Waals surface area contributed by atoms with E-state index in [1.165, 1.54) is 0 Å². The molecule has 104 valence electrons. The van der Waals surface area contributed by atoms with Crippen molar-refractivity contribution in [1.29, 1.82) is 0 Å². The number of carbonyl (C=O) groups is 2. The van der Waals surface area contributed by atoms with E-state index in [4.69, 9.17) is 15.0 Å². The fraction of sp³-hybridized carbons (Fsp3) is 0.778. The van der Waals surface area contributed by atoms with Crippen molar-refractivity contribution in [3.8, 4) is 0 Å². The van der Waals surface area contributed by atoms with E-state index in [9.17, 15) is 18.0 Å². The lowest BCUT2D eigenvalue weighted by atomic mass is 9.74. The van der Waals surface area contributed by atoms with E-state index in [-0.39, 0.29) is 6.54 Å². The van der Waals surface area contributed by atoms with Gasteiger partial charge in [-0.2, -0.15) is 13.2 Å². The van der Waals surface area contributed by atoms with Crippen LogP contribution in [-0.4, -0.2) is 66.0 Å². The van der Waals surface area contributed by atoms with Crippen molar-refractivity contribution in [2.75, 3.05) is 32.7 Å². The summed E-state index contributed by atoms with van der Waals surface area (Å²) in [6.45, 7) is 4.28. The van der Waals surface area contributed by atoms with Crippen LogP contribution < -0.4 is 5.32 Å². The Morgan fingerprint density at radius 1 is 1.22 bits per heavy atom. The van der Waals surface area contributed by atoms with E-state index in [2.05, 4.69) is 5.32 Å². The summed E-state index contributed by atoms with van der Waals surface area (Å²) in [6.07, 6.45) is -5.08. The molecule has 2 rings (SSSR count). The van der Waals surface area contributed by atoms with Crippen LogP contribution in [0.5, 0.6) is 0 Å². The number of nitrogens with zero attached hydrogens (tertiary/aromatic N) is 1. The smallest absolute Gasteiger partial charge is 0.480 e. The molecule has 2 fully saturated rings. The number of rotatable bonds is 2. The van der Waals surface area contributed by atoms with Crippen molar-refractivity contribution in [3.63, 3.8) is 0 Å². The zero-order valence-electron chi connectivity index (χ0n) is 9.33. The first kappa shape index (κ1) is 14.7. The highest BCUT2D eigenvalue weighted by atomic mass is 19.4. The summed E-state index contributed by atoms with van der Waals surface area (Å²) in [7, 11) is 0. The van der Waals surface area contributed by atoms with Crippen molar-refractivity contribution in [1.82, 2.24) is 10.2 Å². The lowest BCUT2D eigenvalue weighted by Crippen LogP contribution is -2.71. The maximum absolute atomic E-state index is 10.6. The minimum Gasteiger partial charge on any atom is -0.480 e. The third-order valence-electron chi connectivity index (χ3n) is 2.72. The topological polar surface area (TPSA) is 89.9 Å². The van der Waals surface area contributed by atoms with Gasteiger partial charge < -0.3 is 15.5 Å². The predicted molar refractivity (Wildman–Crippen MR) is 53.1 cm³/mol. The molecule has 0 radical (unpaired) electrons. The Labute approximate surface area is 100 Å². The molecular weight excluding hydrogens is 257 g/mol. The minimum atomic E-state index is -5.08. The number of nitrogens with one attached hydrogen (secondary N) is 1. The van der Waals surface area contributed by atoms with E-state index in [0.29, 0.717) is 5.41 Å². The molecule has 0 aliphatic carbocycles. The Morgan fingerprint density at radius 3 is 1.89 bits per heavy atom. The molecule has 1 spiro atoms. The lowest BCUT2D eigenvalue weighted by molar-refractivity contribution is -0.192. The van der Waals surface area contributed by atoms with E-state index < -0.39 is 18.1 Å². The molecule has 0 unspecified atom stereocenters. The number of carboxylic acids is 2. The third-order valence-corrected chi connectivity index (χ3v) is 2.72. The molecule has 0 aromatic rings. The van der Waals surface area contributed by atoms with Gasteiger partial charge in [0.2, 0.25) is 0 Å². The Hall–Kier alpha value is -1.35. The number of halogens is 3. The van der Waals surface area contributed by atoms with Gasteiger partial charge >= 0.3 is 18.1 Å². The van der Waals surface area contributed by atoms with Gasteiger partial charge in [0.1, 0.15) is 0 Å². The van der Waals surface area contributed by atoms with Gasteiger partial charge in [0.05, 0.1) is 6.54 Å². The molecule has 9 heteroatoms. The molecule has 0 aromatic heterocycles. The number of carboxylic acid groups (broad SMARTS) is 2. The molecule has 3 N–H and O–H groups in total. The number of hydrogen-bond acceptors (Lipinski definition) is 4. The molecule has 18 heavy (non-hydrogen) atoms. The van der Waals surface area contributed by atoms with Crippen LogP contribution in [0.15, 0.2) is 0 Å². The fourth-order valence-electron chi connectivity index (χ4n) is 1.91. The fourth-order valence-corrected chi connectivity index (χ4v) is 1.91. The molecule has 2 heterocycles. The number of alkyl halides is 3. The van der Waals surface area contributed by atoms with Gasteiger partial charge in [0.25, 0.3) is 0 Å².